The molecule has 0 aromatic carbocycles. The zero-order valence-electron chi connectivity index (χ0n) is 8.63. The minimum absolute atomic E-state index is 0.217. The van der Waals surface area contributed by atoms with Gasteiger partial charge in [-0.3, -0.25) is 4.79 Å². The molecule has 0 N–H and O–H groups in total. The van der Waals surface area contributed by atoms with E-state index in [9.17, 15) is 9.59 Å². The third-order valence-corrected chi connectivity index (χ3v) is 3.29. The van der Waals surface area contributed by atoms with Crippen molar-refractivity contribution in [1.82, 2.24) is 0 Å². The summed E-state index contributed by atoms with van der Waals surface area (Å²) in [4.78, 5) is 20.9. The maximum atomic E-state index is 10.9. The molecule has 0 aliphatic heterocycles. The topological polar surface area (TPSA) is 43.4 Å². The molecule has 3 nitrogen and oxygen atoms in total. The fraction of sp³-hybridized carbons (Fsp3) is 0.778. The van der Waals surface area contributed by atoms with Gasteiger partial charge in [-0.15, -0.1) is 0 Å². The lowest BCUT2D eigenvalue weighted by atomic mass is 10.3. The van der Waals surface area contributed by atoms with Gasteiger partial charge in [0, 0.05) is 14.5 Å². The maximum Gasteiger partial charge on any atom is 0.306 e. The summed E-state index contributed by atoms with van der Waals surface area (Å²) in [6, 6.07) is 0.986. The van der Waals surface area contributed by atoms with E-state index in [1.165, 1.54) is 0 Å². The molecular weight excluding hydrogens is 184 g/mol. The van der Waals surface area contributed by atoms with Crippen LogP contribution in [0.4, 0.5) is 0 Å². The summed E-state index contributed by atoms with van der Waals surface area (Å²) in [6.07, 6.45) is 1.22. The van der Waals surface area contributed by atoms with E-state index in [1.54, 1.807) is 0 Å². The zero-order chi connectivity index (χ0) is 10.3. The Morgan fingerprint density at radius 1 is 1.38 bits per heavy atom. The molecule has 0 aromatic heterocycles. The fourth-order valence-corrected chi connectivity index (χ4v) is 1.43. The summed E-state index contributed by atoms with van der Waals surface area (Å²) < 4.78 is 4.96. The van der Waals surface area contributed by atoms with Crippen LogP contribution >= 0.6 is 0 Å². The number of ether oxygens (including phenoxy) is 1. The average Bonchev–Trinajstić information content (AvgIpc) is 1.98. The first-order valence-electron chi connectivity index (χ1n) is 4.55. The number of carbonyl (C=O) groups excluding carboxylic acids is 2. The summed E-state index contributed by atoms with van der Waals surface area (Å²) in [6.45, 7) is 7.19. The molecule has 4 heteroatoms. The van der Waals surface area contributed by atoms with Crippen LogP contribution in [0.1, 0.15) is 12.8 Å². The van der Waals surface area contributed by atoms with Gasteiger partial charge < -0.3 is 9.53 Å². The van der Waals surface area contributed by atoms with Crippen molar-refractivity contribution in [3.8, 4) is 0 Å². The molecule has 0 heterocycles. The predicted octanol–water partition coefficient (Wildman–Crippen LogP) is 1.85. The summed E-state index contributed by atoms with van der Waals surface area (Å²) in [5, 5.41) is 0. The van der Waals surface area contributed by atoms with Crippen molar-refractivity contribution in [2.75, 3.05) is 6.61 Å². The van der Waals surface area contributed by atoms with Crippen LogP contribution in [0.5, 0.6) is 0 Å². The molecule has 0 atom stereocenters. The van der Waals surface area contributed by atoms with Gasteiger partial charge in [-0.05, 0) is 6.04 Å². The Hall–Kier alpha value is -0.643. The maximum absolute atomic E-state index is 10.9. The number of rotatable bonds is 6. The normalized spacial score (nSPS) is 11.0. The first-order valence-corrected chi connectivity index (χ1v) is 8.26. The first kappa shape index (κ1) is 12.4. The van der Waals surface area contributed by atoms with Gasteiger partial charge in [-0.1, -0.05) is 19.6 Å². The largest absolute Gasteiger partial charge is 0.466 e. The molecule has 0 fully saturated rings. The standard InChI is InChI=1S/C9H18O3Si/c1-13(2,3)8-7-12-9(11)5-4-6-10/h6H,4-5,7-8H2,1-3H3. The molecule has 0 unspecified atom stereocenters. The van der Waals surface area contributed by atoms with Gasteiger partial charge in [0.15, 0.2) is 0 Å². The van der Waals surface area contributed by atoms with Gasteiger partial charge in [0.05, 0.1) is 13.0 Å². The summed E-state index contributed by atoms with van der Waals surface area (Å²) >= 11 is 0. The van der Waals surface area contributed by atoms with Crippen LogP contribution < -0.4 is 0 Å². The number of carbonyl (C=O) groups is 2. The van der Waals surface area contributed by atoms with E-state index < -0.39 is 8.07 Å². The molecule has 0 rings (SSSR count). The number of hydrogen-bond donors (Lipinski definition) is 0. The van der Waals surface area contributed by atoms with Gasteiger partial charge in [0.2, 0.25) is 0 Å². The molecule has 76 valence electrons. The van der Waals surface area contributed by atoms with Crippen molar-refractivity contribution in [3.05, 3.63) is 0 Å². The number of hydrogen-bond acceptors (Lipinski definition) is 3. The summed E-state index contributed by atoms with van der Waals surface area (Å²) in [5.74, 6) is -0.259. The lowest BCUT2D eigenvalue weighted by Crippen LogP contribution is -2.22. The zero-order valence-corrected chi connectivity index (χ0v) is 9.63. The fourth-order valence-electron chi connectivity index (χ4n) is 0.720. The van der Waals surface area contributed by atoms with E-state index >= 15 is 0 Å². The van der Waals surface area contributed by atoms with E-state index in [4.69, 9.17) is 4.74 Å². The molecule has 0 aliphatic rings. The second kappa shape index (κ2) is 5.91. The molecular formula is C9H18O3Si. The number of aldehydes is 1. The van der Waals surface area contributed by atoms with Crippen LogP contribution in [0.15, 0.2) is 0 Å². The van der Waals surface area contributed by atoms with Crippen LogP contribution in [-0.4, -0.2) is 26.9 Å². The van der Waals surface area contributed by atoms with Gasteiger partial charge in [-0.2, -0.15) is 0 Å². The molecule has 0 bridgehead atoms. The molecule has 0 saturated heterocycles. The number of esters is 1. The van der Waals surface area contributed by atoms with Crippen LogP contribution in [0, 0.1) is 0 Å². The van der Waals surface area contributed by atoms with Crippen LogP contribution in [0.3, 0.4) is 0 Å². The Morgan fingerprint density at radius 2 is 2.00 bits per heavy atom. The van der Waals surface area contributed by atoms with Crippen LogP contribution in [0.2, 0.25) is 25.7 Å². The van der Waals surface area contributed by atoms with E-state index in [0.29, 0.717) is 6.61 Å². The van der Waals surface area contributed by atoms with Gasteiger partial charge in [-0.25, -0.2) is 0 Å². The van der Waals surface area contributed by atoms with Crippen molar-refractivity contribution < 1.29 is 14.3 Å². The molecule has 0 saturated carbocycles. The lowest BCUT2D eigenvalue weighted by Gasteiger charge is -2.14. The van der Waals surface area contributed by atoms with Crippen molar-refractivity contribution in [2.24, 2.45) is 0 Å². The van der Waals surface area contributed by atoms with Crippen LogP contribution in [-0.2, 0) is 14.3 Å². The smallest absolute Gasteiger partial charge is 0.306 e. The minimum atomic E-state index is -1.10. The Bertz CT molecular complexity index is 172. The van der Waals surface area contributed by atoms with Gasteiger partial charge in [0.1, 0.15) is 6.29 Å². The highest BCUT2D eigenvalue weighted by atomic mass is 28.3. The van der Waals surface area contributed by atoms with Gasteiger partial charge in [0.25, 0.3) is 0 Å². The third-order valence-electron chi connectivity index (χ3n) is 1.58. The molecule has 0 amide bonds. The van der Waals surface area contributed by atoms with E-state index in [0.717, 1.165) is 12.3 Å². The van der Waals surface area contributed by atoms with Crippen molar-refractivity contribution in [2.45, 2.75) is 38.5 Å². The Kier molecular flexibility index (Phi) is 5.62. The highest BCUT2D eigenvalue weighted by molar-refractivity contribution is 6.76. The second-order valence-electron chi connectivity index (χ2n) is 4.24. The van der Waals surface area contributed by atoms with Crippen LogP contribution in [0.25, 0.3) is 0 Å². The quantitative estimate of drug-likeness (QED) is 0.375. The third kappa shape index (κ3) is 9.27. The molecule has 0 radical (unpaired) electrons. The lowest BCUT2D eigenvalue weighted by molar-refractivity contribution is -0.143. The predicted molar refractivity (Wildman–Crippen MR) is 54.4 cm³/mol. The second-order valence-corrected chi connectivity index (χ2v) is 9.86. The van der Waals surface area contributed by atoms with E-state index in [-0.39, 0.29) is 18.8 Å². The Morgan fingerprint density at radius 3 is 2.46 bits per heavy atom. The molecule has 13 heavy (non-hydrogen) atoms. The molecule has 0 spiro atoms. The minimum Gasteiger partial charge on any atom is -0.466 e. The molecule has 0 aromatic rings. The highest BCUT2D eigenvalue weighted by Gasteiger charge is 2.13. The van der Waals surface area contributed by atoms with Gasteiger partial charge >= 0.3 is 5.97 Å². The Labute approximate surface area is 80.5 Å². The van der Waals surface area contributed by atoms with Crippen molar-refractivity contribution in [1.29, 1.82) is 0 Å². The monoisotopic (exact) mass is 202 g/mol. The first-order chi connectivity index (χ1) is 5.95. The van der Waals surface area contributed by atoms with Crippen molar-refractivity contribution in [3.63, 3.8) is 0 Å². The molecule has 0 aliphatic carbocycles. The van der Waals surface area contributed by atoms with Crippen molar-refractivity contribution >= 4 is 20.3 Å². The highest BCUT2D eigenvalue weighted by Crippen LogP contribution is 2.07. The van der Waals surface area contributed by atoms with E-state index in [2.05, 4.69) is 19.6 Å². The van der Waals surface area contributed by atoms with E-state index in [1.807, 2.05) is 0 Å². The Balaban J connectivity index is 3.42. The summed E-state index contributed by atoms with van der Waals surface area (Å²) in [5.41, 5.74) is 0. The average molecular weight is 202 g/mol. The SMILES string of the molecule is C[Si](C)(C)CCOC(=O)CCC=O. The summed E-state index contributed by atoms with van der Waals surface area (Å²) in [7, 11) is -1.10.